The highest BCUT2D eigenvalue weighted by Crippen LogP contribution is 2.17. The second-order valence-electron chi connectivity index (χ2n) is 6.70. The van der Waals surface area contributed by atoms with Crippen molar-refractivity contribution >= 4 is 5.91 Å². The van der Waals surface area contributed by atoms with Crippen molar-refractivity contribution in [3.63, 3.8) is 0 Å². The molecule has 1 aliphatic rings. The number of hydrogen-bond acceptors (Lipinski definition) is 3. The molecule has 0 aromatic rings. The molecule has 0 aromatic carbocycles. The average molecular weight is 255 g/mol. The molecule has 1 amide bonds. The van der Waals surface area contributed by atoms with Crippen molar-refractivity contribution in [2.45, 2.75) is 46.6 Å². The first-order valence-electron chi connectivity index (χ1n) is 7.06. The normalized spacial score (nSPS) is 20.7. The van der Waals surface area contributed by atoms with Crippen molar-refractivity contribution < 1.29 is 4.79 Å². The molecule has 4 heteroatoms. The number of likely N-dealkylation sites (tertiary alicyclic amines) is 1. The first kappa shape index (κ1) is 15.4. The van der Waals surface area contributed by atoms with Crippen LogP contribution in [0.2, 0.25) is 0 Å². The van der Waals surface area contributed by atoms with Gasteiger partial charge in [0, 0.05) is 13.1 Å². The largest absolute Gasteiger partial charge is 0.354 e. The van der Waals surface area contributed by atoms with Gasteiger partial charge in [-0.05, 0) is 37.3 Å². The van der Waals surface area contributed by atoms with Gasteiger partial charge in [-0.15, -0.1) is 0 Å². The summed E-state index contributed by atoms with van der Waals surface area (Å²) in [6, 6.07) is -0.434. The standard InChI is InChI=1S/C14H29N3O/c1-11(10-17-7-5-6-8-17)9-16-13(18)12(15)14(2,3)4/h11-12H,5-10,15H2,1-4H3,(H,16,18)/t11?,12-/m0/s1. The quantitative estimate of drug-likeness (QED) is 0.776. The lowest BCUT2D eigenvalue weighted by Gasteiger charge is -2.27. The number of nitrogens with zero attached hydrogens (tertiary/aromatic N) is 1. The predicted molar refractivity (Wildman–Crippen MR) is 75.3 cm³/mol. The second kappa shape index (κ2) is 6.53. The molecule has 0 bridgehead atoms. The summed E-state index contributed by atoms with van der Waals surface area (Å²) in [7, 11) is 0. The van der Waals surface area contributed by atoms with E-state index < -0.39 is 6.04 Å². The van der Waals surface area contributed by atoms with Crippen LogP contribution in [0.3, 0.4) is 0 Å². The zero-order valence-corrected chi connectivity index (χ0v) is 12.3. The third kappa shape index (κ3) is 4.94. The fraction of sp³-hybridized carbons (Fsp3) is 0.929. The van der Waals surface area contributed by atoms with Gasteiger partial charge in [-0.25, -0.2) is 0 Å². The Balaban J connectivity index is 2.24. The van der Waals surface area contributed by atoms with Crippen LogP contribution in [-0.4, -0.2) is 43.0 Å². The van der Waals surface area contributed by atoms with Crippen LogP contribution >= 0.6 is 0 Å². The Hall–Kier alpha value is -0.610. The summed E-state index contributed by atoms with van der Waals surface area (Å²) < 4.78 is 0. The smallest absolute Gasteiger partial charge is 0.237 e. The Morgan fingerprint density at radius 2 is 1.89 bits per heavy atom. The first-order valence-corrected chi connectivity index (χ1v) is 7.06. The molecule has 0 radical (unpaired) electrons. The molecule has 4 nitrogen and oxygen atoms in total. The molecule has 0 aromatic heterocycles. The van der Waals surface area contributed by atoms with Crippen LogP contribution in [0.4, 0.5) is 0 Å². The molecule has 0 spiro atoms. The Morgan fingerprint density at radius 3 is 2.39 bits per heavy atom. The highest BCUT2D eigenvalue weighted by molar-refractivity contribution is 5.82. The predicted octanol–water partition coefficient (Wildman–Crippen LogP) is 1.21. The fourth-order valence-corrected chi connectivity index (χ4v) is 2.25. The van der Waals surface area contributed by atoms with Gasteiger partial charge in [0.15, 0.2) is 0 Å². The lowest BCUT2D eigenvalue weighted by Crippen LogP contribution is -2.49. The van der Waals surface area contributed by atoms with Gasteiger partial charge in [-0.3, -0.25) is 4.79 Å². The van der Waals surface area contributed by atoms with E-state index in [1.807, 2.05) is 20.8 Å². The van der Waals surface area contributed by atoms with Crippen molar-refractivity contribution in [2.75, 3.05) is 26.2 Å². The van der Waals surface area contributed by atoms with E-state index in [1.165, 1.54) is 25.9 Å². The topological polar surface area (TPSA) is 58.4 Å². The highest BCUT2D eigenvalue weighted by atomic mass is 16.2. The maximum Gasteiger partial charge on any atom is 0.237 e. The second-order valence-corrected chi connectivity index (χ2v) is 6.70. The molecule has 0 saturated carbocycles. The molecule has 1 unspecified atom stereocenters. The molecule has 18 heavy (non-hydrogen) atoms. The molecule has 2 atom stereocenters. The molecule has 1 fully saturated rings. The van der Waals surface area contributed by atoms with Crippen molar-refractivity contribution in [1.29, 1.82) is 0 Å². The molecule has 3 N–H and O–H groups in total. The Kier molecular flexibility index (Phi) is 5.60. The van der Waals surface area contributed by atoms with Gasteiger partial charge in [-0.1, -0.05) is 27.7 Å². The Morgan fingerprint density at radius 1 is 1.33 bits per heavy atom. The maximum absolute atomic E-state index is 11.9. The number of rotatable bonds is 5. The summed E-state index contributed by atoms with van der Waals surface area (Å²) in [6.07, 6.45) is 2.63. The van der Waals surface area contributed by atoms with Crippen LogP contribution in [0.25, 0.3) is 0 Å². The SMILES string of the molecule is CC(CNC(=O)[C@H](N)C(C)(C)C)CN1CCCC1. The van der Waals surface area contributed by atoms with Gasteiger partial charge in [0.1, 0.15) is 0 Å². The van der Waals surface area contributed by atoms with Crippen molar-refractivity contribution in [3.8, 4) is 0 Å². The van der Waals surface area contributed by atoms with Crippen molar-refractivity contribution in [3.05, 3.63) is 0 Å². The minimum Gasteiger partial charge on any atom is -0.354 e. The van der Waals surface area contributed by atoms with Crippen LogP contribution in [-0.2, 0) is 4.79 Å². The molecule has 1 aliphatic heterocycles. The summed E-state index contributed by atoms with van der Waals surface area (Å²) in [5, 5.41) is 2.97. The number of nitrogens with two attached hydrogens (primary N) is 1. The molecule has 106 valence electrons. The first-order chi connectivity index (χ1) is 8.30. The third-order valence-corrected chi connectivity index (χ3v) is 3.61. The average Bonchev–Trinajstić information content (AvgIpc) is 2.76. The van der Waals surface area contributed by atoms with Crippen LogP contribution in [0, 0.1) is 11.3 Å². The van der Waals surface area contributed by atoms with E-state index in [0.717, 1.165) is 13.1 Å². The minimum atomic E-state index is -0.434. The van der Waals surface area contributed by atoms with Gasteiger partial charge in [0.2, 0.25) is 5.91 Å². The minimum absolute atomic E-state index is 0.0317. The van der Waals surface area contributed by atoms with Crippen LogP contribution in [0.1, 0.15) is 40.5 Å². The molecule has 1 rings (SSSR count). The van der Waals surface area contributed by atoms with Gasteiger partial charge in [0.05, 0.1) is 6.04 Å². The number of hydrogen-bond donors (Lipinski definition) is 2. The summed E-state index contributed by atoms with van der Waals surface area (Å²) >= 11 is 0. The molecular weight excluding hydrogens is 226 g/mol. The van der Waals surface area contributed by atoms with E-state index in [9.17, 15) is 4.79 Å². The summed E-state index contributed by atoms with van der Waals surface area (Å²) in [5.41, 5.74) is 5.74. The molecule has 1 saturated heterocycles. The van der Waals surface area contributed by atoms with Crippen LogP contribution in [0.15, 0.2) is 0 Å². The zero-order chi connectivity index (χ0) is 13.8. The zero-order valence-electron chi connectivity index (χ0n) is 12.3. The maximum atomic E-state index is 11.9. The van der Waals surface area contributed by atoms with Crippen LogP contribution in [0.5, 0.6) is 0 Å². The molecule has 1 heterocycles. The lowest BCUT2D eigenvalue weighted by molar-refractivity contribution is -0.124. The summed E-state index contributed by atoms with van der Waals surface area (Å²) in [6.45, 7) is 12.4. The van der Waals surface area contributed by atoms with E-state index in [0.29, 0.717) is 5.92 Å². The van der Waals surface area contributed by atoms with Gasteiger partial charge in [0.25, 0.3) is 0 Å². The Bertz CT molecular complexity index is 267. The van der Waals surface area contributed by atoms with Gasteiger partial charge < -0.3 is 16.0 Å². The number of carbonyl (C=O) groups is 1. The van der Waals surface area contributed by atoms with Crippen molar-refractivity contribution in [2.24, 2.45) is 17.1 Å². The fourth-order valence-electron chi connectivity index (χ4n) is 2.25. The van der Waals surface area contributed by atoms with Gasteiger partial charge >= 0.3 is 0 Å². The third-order valence-electron chi connectivity index (χ3n) is 3.61. The highest BCUT2D eigenvalue weighted by Gasteiger charge is 2.27. The monoisotopic (exact) mass is 255 g/mol. The molecule has 0 aliphatic carbocycles. The Labute approximate surface area is 111 Å². The van der Waals surface area contributed by atoms with E-state index in [1.54, 1.807) is 0 Å². The lowest BCUT2D eigenvalue weighted by atomic mass is 9.87. The van der Waals surface area contributed by atoms with Gasteiger partial charge in [-0.2, -0.15) is 0 Å². The number of nitrogens with one attached hydrogen (secondary N) is 1. The summed E-state index contributed by atoms with van der Waals surface area (Å²) in [4.78, 5) is 14.4. The van der Waals surface area contributed by atoms with E-state index in [2.05, 4.69) is 17.1 Å². The van der Waals surface area contributed by atoms with Crippen LogP contribution < -0.4 is 11.1 Å². The number of amides is 1. The molecular formula is C14H29N3O. The van der Waals surface area contributed by atoms with E-state index in [-0.39, 0.29) is 11.3 Å². The number of carbonyl (C=O) groups excluding carboxylic acids is 1. The van der Waals surface area contributed by atoms with E-state index >= 15 is 0 Å². The van der Waals surface area contributed by atoms with E-state index in [4.69, 9.17) is 5.73 Å². The van der Waals surface area contributed by atoms with Crippen molar-refractivity contribution in [1.82, 2.24) is 10.2 Å². The summed E-state index contributed by atoms with van der Waals surface area (Å²) in [5.74, 6) is 0.454.